The fourth-order valence-corrected chi connectivity index (χ4v) is 2.86. The second-order valence-corrected chi connectivity index (χ2v) is 5.88. The highest BCUT2D eigenvalue weighted by Crippen LogP contribution is 2.30. The van der Waals surface area contributed by atoms with Crippen molar-refractivity contribution in [3.05, 3.63) is 17.7 Å². The molecular weight excluding hydrogens is 327 g/mol. The lowest BCUT2D eigenvalue weighted by Gasteiger charge is -2.19. The molecule has 1 saturated carbocycles. The number of carbonyl (C=O) groups is 2. The van der Waals surface area contributed by atoms with E-state index >= 15 is 0 Å². The average molecular weight is 347 g/mol. The van der Waals surface area contributed by atoms with E-state index in [1.165, 1.54) is 12.6 Å². The van der Waals surface area contributed by atoms with Gasteiger partial charge < -0.3 is 15.0 Å². The van der Waals surface area contributed by atoms with Crippen LogP contribution in [0.3, 0.4) is 0 Å². The summed E-state index contributed by atoms with van der Waals surface area (Å²) in [4.78, 5) is 30.0. The van der Waals surface area contributed by atoms with Crippen molar-refractivity contribution in [2.75, 3.05) is 7.11 Å². The van der Waals surface area contributed by atoms with Crippen molar-refractivity contribution in [3.8, 4) is 0 Å². The first kappa shape index (κ1) is 18.3. The smallest absolute Gasteiger partial charge is 0.467 e. The van der Waals surface area contributed by atoms with Crippen molar-refractivity contribution in [2.24, 2.45) is 0 Å². The van der Waals surface area contributed by atoms with Gasteiger partial charge in [0.05, 0.1) is 7.11 Å². The molecule has 1 amide bonds. The maximum atomic E-state index is 12.4. The van der Waals surface area contributed by atoms with Crippen LogP contribution in [0.4, 0.5) is 13.2 Å². The fraction of sp³-hybridized carbons (Fsp3) is 0.667. The normalized spacial score (nSPS) is 17.3. The van der Waals surface area contributed by atoms with Crippen LogP contribution in [-0.4, -0.2) is 41.2 Å². The maximum Gasteiger partial charge on any atom is 0.471 e. The van der Waals surface area contributed by atoms with Crippen molar-refractivity contribution in [1.82, 2.24) is 15.3 Å². The van der Waals surface area contributed by atoms with Gasteiger partial charge in [-0.2, -0.15) is 13.2 Å². The van der Waals surface area contributed by atoms with E-state index in [0.717, 1.165) is 38.6 Å². The van der Waals surface area contributed by atoms with E-state index in [2.05, 4.69) is 14.7 Å². The SMILES string of the molecule is COC(=O)[C@H](Cc1cnc(C2CCCCC2)[nH]1)NC(=O)C(F)(F)F. The monoisotopic (exact) mass is 347 g/mol. The first-order chi connectivity index (χ1) is 11.3. The molecule has 1 aliphatic carbocycles. The van der Waals surface area contributed by atoms with Crippen molar-refractivity contribution >= 4 is 11.9 Å². The molecule has 1 heterocycles. The van der Waals surface area contributed by atoms with Crippen molar-refractivity contribution in [3.63, 3.8) is 0 Å². The summed E-state index contributed by atoms with van der Waals surface area (Å²) in [7, 11) is 1.05. The molecule has 9 heteroatoms. The zero-order chi connectivity index (χ0) is 17.7. The zero-order valence-corrected chi connectivity index (χ0v) is 13.3. The summed E-state index contributed by atoms with van der Waals surface area (Å²) in [6.07, 6.45) is 1.73. The minimum absolute atomic E-state index is 0.145. The summed E-state index contributed by atoms with van der Waals surface area (Å²) in [6.45, 7) is 0. The minimum Gasteiger partial charge on any atom is -0.467 e. The lowest BCUT2D eigenvalue weighted by molar-refractivity contribution is -0.175. The van der Waals surface area contributed by atoms with Crippen LogP contribution in [0.15, 0.2) is 6.20 Å². The van der Waals surface area contributed by atoms with Gasteiger partial charge in [0.2, 0.25) is 0 Å². The van der Waals surface area contributed by atoms with Crippen LogP contribution >= 0.6 is 0 Å². The molecule has 1 atom stereocenters. The van der Waals surface area contributed by atoms with Gasteiger partial charge in [-0.25, -0.2) is 9.78 Å². The summed E-state index contributed by atoms with van der Waals surface area (Å²) in [6, 6.07) is -1.43. The number of imidazole rings is 1. The molecule has 2 rings (SSSR count). The van der Waals surface area contributed by atoms with E-state index in [4.69, 9.17) is 0 Å². The molecule has 0 bridgehead atoms. The number of hydrogen-bond acceptors (Lipinski definition) is 4. The van der Waals surface area contributed by atoms with E-state index < -0.39 is 24.1 Å². The maximum absolute atomic E-state index is 12.4. The topological polar surface area (TPSA) is 84.1 Å². The Morgan fingerprint density at radius 3 is 2.62 bits per heavy atom. The predicted octanol–water partition coefficient (Wildman–Crippen LogP) is 2.22. The number of alkyl halides is 3. The van der Waals surface area contributed by atoms with Crippen LogP contribution in [0.25, 0.3) is 0 Å². The molecule has 0 unspecified atom stereocenters. The van der Waals surface area contributed by atoms with Crippen molar-refractivity contribution < 1.29 is 27.5 Å². The summed E-state index contributed by atoms with van der Waals surface area (Å²) in [5.41, 5.74) is 0.480. The van der Waals surface area contributed by atoms with Gasteiger partial charge >= 0.3 is 18.1 Å². The minimum atomic E-state index is -5.06. The van der Waals surface area contributed by atoms with Crippen molar-refractivity contribution in [1.29, 1.82) is 0 Å². The predicted molar refractivity (Wildman–Crippen MR) is 78.1 cm³/mol. The van der Waals surface area contributed by atoms with Crippen LogP contribution in [0, 0.1) is 0 Å². The van der Waals surface area contributed by atoms with Crippen LogP contribution in [0.2, 0.25) is 0 Å². The molecule has 1 fully saturated rings. The Hall–Kier alpha value is -2.06. The van der Waals surface area contributed by atoms with Crippen LogP contribution < -0.4 is 5.32 Å². The number of ether oxygens (including phenoxy) is 1. The van der Waals surface area contributed by atoms with Gasteiger partial charge in [0, 0.05) is 24.2 Å². The number of halogens is 3. The number of hydrogen-bond donors (Lipinski definition) is 2. The summed E-state index contributed by atoms with van der Waals surface area (Å²) >= 11 is 0. The van der Waals surface area contributed by atoms with E-state index in [1.807, 2.05) is 0 Å². The quantitative estimate of drug-likeness (QED) is 0.800. The van der Waals surface area contributed by atoms with Gasteiger partial charge in [-0.05, 0) is 12.8 Å². The zero-order valence-electron chi connectivity index (χ0n) is 13.3. The summed E-state index contributed by atoms with van der Waals surface area (Å²) in [5.74, 6) is -2.05. The third kappa shape index (κ3) is 4.72. The van der Waals surface area contributed by atoms with Gasteiger partial charge in [-0.1, -0.05) is 19.3 Å². The number of carbonyl (C=O) groups excluding carboxylic acids is 2. The number of nitrogens with one attached hydrogen (secondary N) is 2. The molecule has 2 N–H and O–H groups in total. The molecule has 24 heavy (non-hydrogen) atoms. The number of aromatic amines is 1. The number of amides is 1. The highest BCUT2D eigenvalue weighted by atomic mass is 19.4. The van der Waals surface area contributed by atoms with Gasteiger partial charge in [-0.3, -0.25) is 4.79 Å². The Kier molecular flexibility index (Phi) is 5.84. The Morgan fingerprint density at radius 1 is 1.38 bits per heavy atom. The van der Waals surface area contributed by atoms with Gasteiger partial charge in [-0.15, -0.1) is 0 Å². The highest BCUT2D eigenvalue weighted by molar-refractivity contribution is 5.87. The number of rotatable bonds is 5. The second-order valence-electron chi connectivity index (χ2n) is 5.88. The highest BCUT2D eigenvalue weighted by Gasteiger charge is 2.41. The summed E-state index contributed by atoms with van der Waals surface area (Å²) in [5, 5.41) is 1.66. The number of aromatic nitrogens is 2. The Balaban J connectivity index is 2.05. The Morgan fingerprint density at radius 2 is 2.04 bits per heavy atom. The van der Waals surface area contributed by atoms with Crippen LogP contribution in [0.5, 0.6) is 0 Å². The van der Waals surface area contributed by atoms with E-state index in [0.29, 0.717) is 11.6 Å². The molecule has 0 spiro atoms. The van der Waals surface area contributed by atoms with Gasteiger partial charge in [0.1, 0.15) is 11.9 Å². The third-order valence-electron chi connectivity index (χ3n) is 4.11. The first-order valence-corrected chi connectivity index (χ1v) is 7.80. The molecule has 6 nitrogen and oxygen atoms in total. The molecule has 134 valence electrons. The van der Waals surface area contributed by atoms with E-state index in [9.17, 15) is 22.8 Å². The third-order valence-corrected chi connectivity index (χ3v) is 4.11. The molecule has 0 radical (unpaired) electrons. The number of methoxy groups -OCH3 is 1. The second kappa shape index (κ2) is 7.67. The number of nitrogens with zero attached hydrogens (tertiary/aromatic N) is 1. The number of esters is 1. The fourth-order valence-electron chi connectivity index (χ4n) is 2.86. The van der Waals surface area contributed by atoms with Crippen molar-refractivity contribution in [2.45, 2.75) is 56.7 Å². The molecule has 0 aliphatic heterocycles. The lowest BCUT2D eigenvalue weighted by atomic mass is 9.89. The standard InChI is InChI=1S/C15H20F3N3O3/c1-24-13(22)11(21-14(23)15(16,17)18)7-10-8-19-12(20-10)9-5-3-2-4-6-9/h8-9,11H,2-7H2,1H3,(H,19,20)(H,21,23)/t11-/m0/s1. The molecule has 1 aliphatic rings. The number of H-pyrrole nitrogens is 1. The van der Waals surface area contributed by atoms with Crippen LogP contribution in [-0.2, 0) is 20.7 Å². The van der Waals surface area contributed by atoms with E-state index in [1.54, 1.807) is 5.32 Å². The largest absolute Gasteiger partial charge is 0.471 e. The molecule has 0 aromatic carbocycles. The average Bonchev–Trinajstić information content (AvgIpc) is 3.02. The van der Waals surface area contributed by atoms with Gasteiger partial charge in [0.25, 0.3) is 0 Å². The molecule has 0 saturated heterocycles. The van der Waals surface area contributed by atoms with Gasteiger partial charge in [0.15, 0.2) is 0 Å². The lowest BCUT2D eigenvalue weighted by Crippen LogP contribution is -2.48. The van der Waals surface area contributed by atoms with Crippen LogP contribution in [0.1, 0.15) is 49.5 Å². The molecule has 1 aromatic heterocycles. The molecule has 1 aromatic rings. The molecular formula is C15H20F3N3O3. The van der Waals surface area contributed by atoms with E-state index in [-0.39, 0.29) is 6.42 Å². The Bertz CT molecular complexity index is 580. The first-order valence-electron chi connectivity index (χ1n) is 7.80. The Labute approximate surface area is 137 Å². The summed E-state index contributed by atoms with van der Waals surface area (Å²) < 4.78 is 41.6.